The Hall–Kier alpha value is -2.77. The molecule has 12 heteroatoms. The Bertz CT molecular complexity index is 623. The number of rotatable bonds is 11. The van der Waals surface area contributed by atoms with Crippen LogP contribution in [0.15, 0.2) is 24.3 Å². The Morgan fingerprint density at radius 1 is 1.00 bits per heavy atom. The van der Waals surface area contributed by atoms with E-state index in [9.17, 15) is 14.4 Å². The number of aliphatic hydroxyl groups excluding tert-OH is 1. The fourth-order valence-corrected chi connectivity index (χ4v) is 1.92. The van der Waals surface area contributed by atoms with Crippen LogP contribution in [0.5, 0.6) is 0 Å². The van der Waals surface area contributed by atoms with Crippen LogP contribution in [0.1, 0.15) is 5.56 Å². The monoisotopic (exact) mass is 385 g/mol. The average Bonchev–Trinajstić information content (AvgIpc) is 2.64. The van der Waals surface area contributed by atoms with Gasteiger partial charge in [0.05, 0.1) is 31.4 Å². The third-order valence-electron chi connectivity index (χ3n) is 3.26. The number of anilines is 1. The summed E-state index contributed by atoms with van der Waals surface area (Å²) in [6, 6.07) is 5.71. The minimum Gasteiger partial charge on any atom is -0.367 e. The van der Waals surface area contributed by atoms with Crippen LogP contribution in [-0.2, 0) is 25.8 Å². The van der Waals surface area contributed by atoms with Gasteiger partial charge >= 0.3 is 0 Å². The van der Waals surface area contributed by atoms with Crippen LogP contribution in [0.3, 0.4) is 0 Å². The molecule has 0 aliphatic carbocycles. The lowest BCUT2D eigenvalue weighted by molar-refractivity contribution is -0.215. The smallest absolute Gasteiger partial charge is 0.239 e. The van der Waals surface area contributed by atoms with E-state index in [1.54, 1.807) is 24.3 Å². The molecule has 0 heterocycles. The first-order chi connectivity index (χ1) is 12.8. The van der Waals surface area contributed by atoms with Crippen LogP contribution >= 0.6 is 0 Å². The molecule has 0 aromatic heterocycles. The fourth-order valence-electron chi connectivity index (χ4n) is 1.92. The Balaban J connectivity index is 2.29. The Morgan fingerprint density at radius 2 is 1.59 bits per heavy atom. The van der Waals surface area contributed by atoms with E-state index < -0.39 is 30.1 Å². The number of hydrogen-bond donors (Lipinski definition) is 8. The van der Waals surface area contributed by atoms with Crippen LogP contribution < -0.4 is 27.2 Å². The van der Waals surface area contributed by atoms with E-state index in [2.05, 4.69) is 26.4 Å². The van der Waals surface area contributed by atoms with Crippen molar-refractivity contribution in [3.8, 4) is 0 Å². The van der Waals surface area contributed by atoms with Gasteiger partial charge in [-0.25, -0.2) is 10.7 Å². The van der Waals surface area contributed by atoms with Gasteiger partial charge in [-0.1, -0.05) is 12.1 Å². The van der Waals surface area contributed by atoms with Gasteiger partial charge in [0.2, 0.25) is 17.7 Å². The van der Waals surface area contributed by atoms with Gasteiger partial charge in [0.1, 0.15) is 0 Å². The van der Waals surface area contributed by atoms with Crippen molar-refractivity contribution in [2.75, 3.05) is 25.1 Å². The zero-order chi connectivity index (χ0) is 20.2. The average molecular weight is 385 g/mol. The third-order valence-corrected chi connectivity index (χ3v) is 3.26. The molecule has 1 aromatic carbocycles. The van der Waals surface area contributed by atoms with Gasteiger partial charge in [-0.2, -0.15) is 0 Å². The summed E-state index contributed by atoms with van der Waals surface area (Å²) in [6.45, 7) is -1.09. The van der Waals surface area contributed by atoms with Crippen molar-refractivity contribution in [3.63, 3.8) is 0 Å². The van der Waals surface area contributed by atoms with Crippen LogP contribution in [0.2, 0.25) is 0 Å². The minimum atomic E-state index is -1.68. The molecule has 27 heavy (non-hydrogen) atoms. The zero-order valence-electron chi connectivity index (χ0n) is 14.3. The van der Waals surface area contributed by atoms with E-state index in [4.69, 9.17) is 21.2 Å². The van der Waals surface area contributed by atoms with E-state index in [1.807, 2.05) is 0 Å². The number of amides is 3. The molecule has 3 amide bonds. The van der Waals surface area contributed by atoms with E-state index in [0.29, 0.717) is 5.69 Å². The number of aliphatic hydroxyl groups is 2. The van der Waals surface area contributed by atoms with Crippen molar-refractivity contribution in [1.82, 2.24) is 16.0 Å². The minimum absolute atomic E-state index is 0.222. The Kier molecular flexibility index (Phi) is 9.71. The molecule has 0 aliphatic heterocycles. The van der Waals surface area contributed by atoms with Gasteiger partial charge in [-0.15, -0.1) is 4.99 Å². The van der Waals surface area contributed by atoms with Crippen molar-refractivity contribution in [2.45, 2.75) is 18.8 Å². The maximum Gasteiger partial charge on any atom is 0.239 e. The SMILES string of the molecule is NC(Cc1ccc(NOO)cc1)C(=O)NCC(=O)NCC(=O)NCC(O)O. The number of nitrogens with two attached hydrogens (primary N) is 1. The summed E-state index contributed by atoms with van der Waals surface area (Å²) in [7, 11) is 0. The van der Waals surface area contributed by atoms with Gasteiger partial charge in [-0.3, -0.25) is 14.4 Å². The topological polar surface area (TPSA) is 195 Å². The molecule has 1 aromatic rings. The molecule has 1 rings (SSSR count). The van der Waals surface area contributed by atoms with Crippen molar-refractivity contribution in [1.29, 1.82) is 0 Å². The number of carbonyl (C=O) groups is 3. The molecule has 150 valence electrons. The summed E-state index contributed by atoms with van der Waals surface area (Å²) < 4.78 is 0. The largest absolute Gasteiger partial charge is 0.367 e. The van der Waals surface area contributed by atoms with Crippen molar-refractivity contribution >= 4 is 23.4 Å². The molecule has 0 saturated carbocycles. The quantitative estimate of drug-likeness (QED) is 0.111. The van der Waals surface area contributed by atoms with Gasteiger partial charge in [-0.05, 0) is 24.1 Å². The fraction of sp³-hybridized carbons (Fsp3) is 0.400. The molecule has 12 nitrogen and oxygen atoms in total. The second-order valence-electron chi connectivity index (χ2n) is 5.48. The van der Waals surface area contributed by atoms with Crippen molar-refractivity contribution in [2.24, 2.45) is 5.73 Å². The second kappa shape index (κ2) is 11.8. The number of carbonyl (C=O) groups excluding carboxylic acids is 3. The molecular weight excluding hydrogens is 362 g/mol. The van der Waals surface area contributed by atoms with E-state index >= 15 is 0 Å². The summed E-state index contributed by atoms with van der Waals surface area (Å²) in [5.41, 5.74) is 9.28. The highest BCUT2D eigenvalue weighted by Crippen LogP contribution is 2.10. The summed E-state index contributed by atoms with van der Waals surface area (Å²) in [6.07, 6.45) is -1.46. The number of benzene rings is 1. The maximum absolute atomic E-state index is 11.9. The van der Waals surface area contributed by atoms with Crippen molar-refractivity contribution in [3.05, 3.63) is 29.8 Å². The van der Waals surface area contributed by atoms with E-state index in [1.165, 1.54) is 0 Å². The molecule has 0 saturated heterocycles. The van der Waals surface area contributed by atoms with E-state index in [-0.39, 0.29) is 26.1 Å². The molecule has 0 spiro atoms. The lowest BCUT2D eigenvalue weighted by Gasteiger charge is -2.13. The lowest BCUT2D eigenvalue weighted by Crippen LogP contribution is -2.47. The number of nitrogens with one attached hydrogen (secondary N) is 4. The lowest BCUT2D eigenvalue weighted by atomic mass is 10.1. The summed E-state index contributed by atoms with van der Waals surface area (Å²) in [4.78, 5) is 38.6. The standard InChI is InChI=1S/C15H23N5O7/c16-11(5-9-1-3-10(4-2-9)20-27-26)15(25)19-7-13(22)17-6-12(21)18-8-14(23)24/h1-4,11,14,20,23-24,26H,5-8,16H2,(H,17,22)(H,18,21)(H,19,25). The van der Waals surface area contributed by atoms with Crippen LogP contribution in [0.4, 0.5) is 5.69 Å². The molecule has 0 bridgehead atoms. The first-order valence-corrected chi connectivity index (χ1v) is 7.90. The predicted octanol–water partition coefficient (Wildman–Crippen LogP) is -2.97. The summed E-state index contributed by atoms with van der Waals surface area (Å²) in [5, 5.41) is 32.2. The van der Waals surface area contributed by atoms with Gasteiger partial charge in [0.25, 0.3) is 0 Å². The molecule has 0 aliphatic rings. The maximum atomic E-state index is 11.9. The van der Waals surface area contributed by atoms with Gasteiger partial charge < -0.3 is 31.9 Å². The van der Waals surface area contributed by atoms with Crippen LogP contribution in [-0.4, -0.2) is 65.2 Å². The molecule has 0 fully saturated rings. The highest BCUT2D eigenvalue weighted by molar-refractivity contribution is 5.89. The van der Waals surface area contributed by atoms with Crippen LogP contribution in [0.25, 0.3) is 0 Å². The predicted molar refractivity (Wildman–Crippen MR) is 92.7 cm³/mol. The highest BCUT2D eigenvalue weighted by atomic mass is 17.2. The highest BCUT2D eigenvalue weighted by Gasteiger charge is 2.15. The Morgan fingerprint density at radius 3 is 2.19 bits per heavy atom. The van der Waals surface area contributed by atoms with Crippen LogP contribution in [0, 0.1) is 0 Å². The van der Waals surface area contributed by atoms with E-state index in [0.717, 1.165) is 5.56 Å². The summed E-state index contributed by atoms with van der Waals surface area (Å²) >= 11 is 0. The zero-order valence-corrected chi connectivity index (χ0v) is 14.3. The van der Waals surface area contributed by atoms with Gasteiger partial charge in [0, 0.05) is 0 Å². The van der Waals surface area contributed by atoms with Gasteiger partial charge in [0.15, 0.2) is 6.29 Å². The second-order valence-corrected chi connectivity index (χ2v) is 5.48. The van der Waals surface area contributed by atoms with Crippen molar-refractivity contribution < 1.29 is 34.8 Å². The normalized spacial score (nSPS) is 11.6. The molecule has 9 N–H and O–H groups in total. The Labute approximate surface area is 154 Å². The third kappa shape index (κ3) is 9.48. The molecular formula is C15H23N5O7. The molecule has 0 radical (unpaired) electrons. The number of hydrogen-bond acceptors (Lipinski definition) is 9. The summed E-state index contributed by atoms with van der Waals surface area (Å²) in [5.74, 6) is -1.75. The molecule has 1 atom stereocenters. The first-order valence-electron chi connectivity index (χ1n) is 7.90. The first kappa shape index (κ1) is 22.3. The molecule has 1 unspecified atom stereocenters.